The number of benzene rings is 1. The molecule has 3 nitrogen and oxygen atoms in total. The summed E-state index contributed by atoms with van der Waals surface area (Å²) in [5, 5.41) is 5.95. The lowest BCUT2D eigenvalue weighted by Gasteiger charge is -2.01. The van der Waals surface area contributed by atoms with Crippen LogP contribution in [0.2, 0.25) is 0 Å². The summed E-state index contributed by atoms with van der Waals surface area (Å²) in [5.74, 6) is 0. The molecule has 0 spiro atoms. The third-order valence-corrected chi connectivity index (χ3v) is 2.80. The van der Waals surface area contributed by atoms with Crippen molar-refractivity contribution in [3.8, 4) is 0 Å². The first-order valence-electron chi connectivity index (χ1n) is 3.85. The van der Waals surface area contributed by atoms with Gasteiger partial charge in [-0.05, 0) is 30.2 Å². The van der Waals surface area contributed by atoms with Crippen molar-refractivity contribution in [1.29, 1.82) is 0 Å². The number of nitrogens with two attached hydrogens (primary N) is 1. The molecule has 0 atom stereocenters. The van der Waals surface area contributed by atoms with Crippen LogP contribution in [0, 0.1) is 0 Å². The summed E-state index contributed by atoms with van der Waals surface area (Å²) < 4.78 is 22.5. The molecule has 0 amide bonds. The van der Waals surface area contributed by atoms with E-state index in [-0.39, 0.29) is 0 Å². The molecule has 2 N–H and O–H groups in total. The van der Waals surface area contributed by atoms with Gasteiger partial charge in [0.25, 0.3) is 0 Å². The Balaban J connectivity index is 3.13. The van der Waals surface area contributed by atoms with Crippen LogP contribution in [0.1, 0.15) is 12.5 Å². The van der Waals surface area contributed by atoms with Gasteiger partial charge < -0.3 is 0 Å². The second kappa shape index (κ2) is 4.25. The van der Waals surface area contributed by atoms with Gasteiger partial charge in [0, 0.05) is 9.88 Å². The van der Waals surface area contributed by atoms with Crippen LogP contribution < -0.4 is 5.14 Å². The second-order valence-corrected chi connectivity index (χ2v) is 5.23. The van der Waals surface area contributed by atoms with Gasteiger partial charge in [-0.3, -0.25) is 0 Å². The zero-order valence-electron chi connectivity index (χ0n) is 7.57. The predicted molar refractivity (Wildman–Crippen MR) is 60.9 cm³/mol. The van der Waals surface area contributed by atoms with Crippen LogP contribution in [0.4, 0.5) is 0 Å². The highest BCUT2D eigenvalue weighted by Gasteiger charge is 2.01. The van der Waals surface area contributed by atoms with E-state index in [4.69, 9.17) is 5.14 Å². The molecule has 0 saturated carbocycles. The van der Waals surface area contributed by atoms with Gasteiger partial charge in [-0.2, -0.15) is 0 Å². The Kier molecular flexibility index (Phi) is 3.47. The largest absolute Gasteiger partial charge is 0.231 e. The summed E-state index contributed by atoms with van der Waals surface area (Å²) in [7, 11) is -3.56. The van der Waals surface area contributed by atoms with E-state index in [0.29, 0.717) is 5.57 Å². The molecule has 0 aliphatic carbocycles. The number of hydrogen-bond acceptors (Lipinski definition) is 2. The second-order valence-electron chi connectivity index (χ2n) is 2.90. The molecule has 1 rings (SSSR count). The van der Waals surface area contributed by atoms with Crippen molar-refractivity contribution in [1.82, 2.24) is 0 Å². The average molecular weight is 276 g/mol. The Hall–Kier alpha value is -0.650. The lowest BCUT2D eigenvalue weighted by Crippen LogP contribution is -2.07. The molecule has 0 unspecified atom stereocenters. The van der Waals surface area contributed by atoms with Crippen LogP contribution in [0.15, 0.2) is 34.1 Å². The van der Waals surface area contributed by atoms with E-state index < -0.39 is 10.0 Å². The van der Waals surface area contributed by atoms with Crippen molar-refractivity contribution in [2.24, 2.45) is 5.14 Å². The molecular weight excluding hydrogens is 266 g/mol. The van der Waals surface area contributed by atoms with Crippen molar-refractivity contribution < 1.29 is 8.42 Å². The molecular formula is C9H10BrNO2S. The molecule has 1 aromatic carbocycles. The molecule has 76 valence electrons. The number of sulfonamides is 1. The van der Waals surface area contributed by atoms with Gasteiger partial charge in [0.15, 0.2) is 0 Å². The van der Waals surface area contributed by atoms with Crippen molar-refractivity contribution >= 4 is 31.5 Å². The smallest absolute Gasteiger partial charge is 0.225 e. The molecule has 5 heteroatoms. The van der Waals surface area contributed by atoms with E-state index in [0.717, 1.165) is 15.4 Å². The van der Waals surface area contributed by atoms with E-state index in [2.05, 4.69) is 15.9 Å². The molecule has 0 aliphatic rings. The van der Waals surface area contributed by atoms with Crippen molar-refractivity contribution in [3.63, 3.8) is 0 Å². The quantitative estimate of drug-likeness (QED) is 0.899. The zero-order chi connectivity index (χ0) is 10.8. The van der Waals surface area contributed by atoms with Crippen LogP contribution in [0.5, 0.6) is 0 Å². The molecule has 0 aliphatic heterocycles. The molecule has 0 bridgehead atoms. The van der Waals surface area contributed by atoms with Gasteiger partial charge in [0.2, 0.25) is 10.0 Å². The molecule has 0 radical (unpaired) electrons. The summed E-state index contributed by atoms with van der Waals surface area (Å²) >= 11 is 3.30. The fraction of sp³-hybridized carbons (Fsp3) is 0.111. The van der Waals surface area contributed by atoms with E-state index in [1.165, 1.54) is 0 Å². The highest BCUT2D eigenvalue weighted by molar-refractivity contribution is 9.10. The van der Waals surface area contributed by atoms with E-state index in [1.54, 1.807) is 6.92 Å². The third kappa shape index (κ3) is 3.61. The Labute approximate surface area is 91.8 Å². The lowest BCUT2D eigenvalue weighted by molar-refractivity contribution is 0.606. The summed E-state index contributed by atoms with van der Waals surface area (Å²) in [5.41, 5.74) is 1.45. The predicted octanol–water partition coefficient (Wildman–Crippen LogP) is 2.10. The fourth-order valence-electron chi connectivity index (χ4n) is 1.05. The van der Waals surface area contributed by atoms with E-state index >= 15 is 0 Å². The van der Waals surface area contributed by atoms with Crippen LogP contribution in [-0.4, -0.2) is 8.42 Å². The highest BCUT2D eigenvalue weighted by Crippen LogP contribution is 2.18. The summed E-state index contributed by atoms with van der Waals surface area (Å²) in [6.07, 6.45) is 0. The lowest BCUT2D eigenvalue weighted by atomic mass is 10.1. The molecule has 14 heavy (non-hydrogen) atoms. The Bertz CT molecular complexity index is 465. The molecule has 0 saturated heterocycles. The number of allylic oxidation sites excluding steroid dienone is 1. The maximum Gasteiger partial charge on any atom is 0.231 e. The average Bonchev–Trinajstić information content (AvgIpc) is 2.01. The van der Waals surface area contributed by atoms with Gasteiger partial charge in [-0.1, -0.05) is 28.1 Å². The first-order chi connectivity index (χ1) is 6.38. The minimum atomic E-state index is -3.56. The Morgan fingerprint density at radius 2 is 2.14 bits per heavy atom. The first-order valence-corrected chi connectivity index (χ1v) is 6.26. The maximum atomic E-state index is 10.8. The zero-order valence-corrected chi connectivity index (χ0v) is 9.97. The van der Waals surface area contributed by atoms with E-state index in [9.17, 15) is 8.42 Å². The highest BCUT2D eigenvalue weighted by atomic mass is 79.9. The van der Waals surface area contributed by atoms with Crippen LogP contribution >= 0.6 is 15.9 Å². The maximum absolute atomic E-state index is 10.8. The van der Waals surface area contributed by atoms with Gasteiger partial charge >= 0.3 is 0 Å². The third-order valence-electron chi connectivity index (χ3n) is 1.62. The van der Waals surface area contributed by atoms with Crippen molar-refractivity contribution in [3.05, 3.63) is 39.7 Å². The summed E-state index contributed by atoms with van der Waals surface area (Å²) in [4.78, 5) is 0. The van der Waals surface area contributed by atoms with Crippen molar-refractivity contribution in [2.45, 2.75) is 6.92 Å². The van der Waals surface area contributed by atoms with Gasteiger partial charge in [-0.15, -0.1) is 0 Å². The van der Waals surface area contributed by atoms with Crippen LogP contribution in [-0.2, 0) is 10.0 Å². The number of hydrogen-bond donors (Lipinski definition) is 1. The topological polar surface area (TPSA) is 60.2 Å². The number of halogens is 1. The molecule has 0 heterocycles. The first kappa shape index (κ1) is 11.4. The number of rotatable bonds is 2. The monoisotopic (exact) mass is 275 g/mol. The van der Waals surface area contributed by atoms with Crippen LogP contribution in [0.3, 0.4) is 0 Å². The molecule has 1 aromatic rings. The van der Waals surface area contributed by atoms with Crippen molar-refractivity contribution in [2.75, 3.05) is 0 Å². The minimum absolute atomic E-state index is 0.619. The molecule has 0 aromatic heterocycles. The standard InChI is InChI=1S/C9H10BrNO2S/c1-7(6-14(11,12)13)8-3-2-4-9(10)5-8/h2-6H,1H3,(H2,11,12,13). The summed E-state index contributed by atoms with van der Waals surface area (Å²) in [6, 6.07) is 7.35. The van der Waals surface area contributed by atoms with Gasteiger partial charge in [-0.25, -0.2) is 13.6 Å². The fourth-order valence-corrected chi connectivity index (χ4v) is 2.08. The summed E-state index contributed by atoms with van der Waals surface area (Å²) in [6.45, 7) is 1.70. The van der Waals surface area contributed by atoms with Crippen LogP contribution in [0.25, 0.3) is 5.57 Å². The number of primary sulfonamides is 1. The molecule has 0 fully saturated rings. The SMILES string of the molecule is CC(=CS(N)(=O)=O)c1cccc(Br)c1. The van der Waals surface area contributed by atoms with Gasteiger partial charge in [0.05, 0.1) is 0 Å². The van der Waals surface area contributed by atoms with E-state index in [1.807, 2.05) is 24.3 Å². The van der Waals surface area contributed by atoms with Gasteiger partial charge in [0.1, 0.15) is 0 Å². The minimum Gasteiger partial charge on any atom is -0.225 e. The Morgan fingerprint density at radius 3 is 2.64 bits per heavy atom. The normalized spacial score (nSPS) is 12.9. The Morgan fingerprint density at radius 1 is 1.50 bits per heavy atom.